The zero-order valence-corrected chi connectivity index (χ0v) is 8.82. The van der Waals surface area contributed by atoms with E-state index in [1.165, 1.54) is 12.1 Å². The quantitative estimate of drug-likeness (QED) is 0.758. The lowest BCUT2D eigenvalue weighted by molar-refractivity contribution is 0.598. The van der Waals surface area contributed by atoms with Crippen LogP contribution in [0.2, 0.25) is 5.02 Å². The SMILES string of the molecule is NS(=O)(=O)c1cc(Cl)c2c(c1)NCC2. The minimum absolute atomic E-state index is 0.0515. The van der Waals surface area contributed by atoms with E-state index in [1.807, 2.05) is 0 Å². The van der Waals surface area contributed by atoms with E-state index in [2.05, 4.69) is 5.32 Å². The minimum Gasteiger partial charge on any atom is -0.384 e. The average Bonchev–Trinajstić information content (AvgIpc) is 2.50. The van der Waals surface area contributed by atoms with Crippen molar-refractivity contribution in [3.8, 4) is 0 Å². The van der Waals surface area contributed by atoms with Crippen LogP contribution in [0.4, 0.5) is 5.69 Å². The number of anilines is 1. The first-order valence-corrected chi connectivity index (χ1v) is 6.00. The predicted molar refractivity (Wildman–Crippen MR) is 55.0 cm³/mol. The van der Waals surface area contributed by atoms with Gasteiger partial charge in [-0.3, -0.25) is 0 Å². The van der Waals surface area contributed by atoms with Gasteiger partial charge in [-0.05, 0) is 24.1 Å². The molecule has 1 aromatic carbocycles. The van der Waals surface area contributed by atoms with Crippen LogP contribution in [-0.4, -0.2) is 15.0 Å². The second-order valence-corrected chi connectivity index (χ2v) is 5.12. The standard InChI is InChI=1S/C8H9ClN2O2S/c9-7-3-5(14(10,12)13)4-8-6(7)1-2-11-8/h3-4,11H,1-2H2,(H2,10,12,13). The highest BCUT2D eigenvalue weighted by atomic mass is 35.5. The van der Waals surface area contributed by atoms with Gasteiger partial charge in [0.25, 0.3) is 0 Å². The van der Waals surface area contributed by atoms with Gasteiger partial charge in [-0.1, -0.05) is 11.6 Å². The first-order chi connectivity index (χ1) is 6.48. The van der Waals surface area contributed by atoms with E-state index in [4.69, 9.17) is 16.7 Å². The molecule has 0 amide bonds. The van der Waals surface area contributed by atoms with Crippen LogP contribution in [0.15, 0.2) is 17.0 Å². The molecule has 0 fully saturated rings. The number of sulfonamides is 1. The van der Waals surface area contributed by atoms with Gasteiger partial charge in [0, 0.05) is 17.3 Å². The fourth-order valence-corrected chi connectivity index (χ4v) is 2.45. The molecule has 6 heteroatoms. The van der Waals surface area contributed by atoms with Crippen LogP contribution in [0, 0.1) is 0 Å². The molecular weight excluding hydrogens is 224 g/mol. The lowest BCUT2D eigenvalue weighted by Gasteiger charge is -2.05. The maximum absolute atomic E-state index is 11.1. The Bertz CT molecular complexity index is 484. The Balaban J connectivity index is 2.64. The smallest absolute Gasteiger partial charge is 0.238 e. The van der Waals surface area contributed by atoms with Crippen LogP contribution in [0.1, 0.15) is 5.56 Å². The topological polar surface area (TPSA) is 72.2 Å². The van der Waals surface area contributed by atoms with E-state index in [0.717, 1.165) is 24.2 Å². The molecule has 1 aliphatic heterocycles. The highest BCUT2D eigenvalue weighted by Crippen LogP contribution is 2.31. The maximum atomic E-state index is 11.1. The van der Waals surface area contributed by atoms with Crippen molar-refractivity contribution in [1.82, 2.24) is 0 Å². The third-order valence-electron chi connectivity index (χ3n) is 2.19. The van der Waals surface area contributed by atoms with E-state index in [0.29, 0.717) is 5.02 Å². The van der Waals surface area contributed by atoms with Gasteiger partial charge >= 0.3 is 0 Å². The monoisotopic (exact) mass is 232 g/mol. The summed E-state index contributed by atoms with van der Waals surface area (Å²) in [6, 6.07) is 2.91. The summed E-state index contributed by atoms with van der Waals surface area (Å²) < 4.78 is 22.2. The summed E-state index contributed by atoms with van der Waals surface area (Å²) in [5.74, 6) is 0. The molecule has 0 aromatic heterocycles. The molecule has 0 saturated heterocycles. The molecule has 3 N–H and O–H groups in total. The Labute approximate surface area is 87.1 Å². The third-order valence-corrected chi connectivity index (χ3v) is 3.42. The Morgan fingerprint density at radius 1 is 1.43 bits per heavy atom. The summed E-state index contributed by atoms with van der Waals surface area (Å²) in [6.07, 6.45) is 0.819. The molecule has 0 radical (unpaired) electrons. The largest absolute Gasteiger partial charge is 0.384 e. The molecule has 0 atom stereocenters. The van der Waals surface area contributed by atoms with Crippen molar-refractivity contribution in [1.29, 1.82) is 0 Å². The summed E-state index contributed by atoms with van der Waals surface area (Å²) >= 11 is 5.92. The average molecular weight is 233 g/mol. The molecule has 1 aromatic rings. The number of rotatable bonds is 1. The number of benzene rings is 1. The van der Waals surface area contributed by atoms with E-state index < -0.39 is 10.0 Å². The van der Waals surface area contributed by atoms with E-state index in [-0.39, 0.29) is 4.90 Å². The first-order valence-electron chi connectivity index (χ1n) is 4.07. The molecule has 4 nitrogen and oxygen atoms in total. The van der Waals surface area contributed by atoms with Crippen molar-refractivity contribution < 1.29 is 8.42 Å². The van der Waals surface area contributed by atoms with Gasteiger partial charge < -0.3 is 5.32 Å². The van der Waals surface area contributed by atoms with Crippen molar-refractivity contribution in [2.24, 2.45) is 5.14 Å². The molecule has 14 heavy (non-hydrogen) atoms. The second kappa shape index (κ2) is 3.12. The van der Waals surface area contributed by atoms with Crippen LogP contribution in [0.25, 0.3) is 0 Å². The van der Waals surface area contributed by atoms with E-state index in [9.17, 15) is 8.42 Å². The molecule has 0 aliphatic carbocycles. The molecular formula is C8H9ClN2O2S. The number of primary sulfonamides is 1. The Morgan fingerprint density at radius 2 is 2.14 bits per heavy atom. The third kappa shape index (κ3) is 1.58. The number of fused-ring (bicyclic) bond motifs is 1. The molecule has 0 bridgehead atoms. The van der Waals surface area contributed by atoms with Gasteiger partial charge in [-0.15, -0.1) is 0 Å². The highest BCUT2D eigenvalue weighted by molar-refractivity contribution is 7.89. The summed E-state index contributed by atoms with van der Waals surface area (Å²) in [6.45, 7) is 0.781. The van der Waals surface area contributed by atoms with Crippen molar-refractivity contribution in [2.45, 2.75) is 11.3 Å². The van der Waals surface area contributed by atoms with Gasteiger partial charge in [-0.2, -0.15) is 0 Å². The molecule has 2 rings (SSSR count). The fraction of sp³-hybridized carbons (Fsp3) is 0.250. The predicted octanol–water partition coefficient (Wildman–Crippen LogP) is 0.955. The molecule has 1 aliphatic rings. The minimum atomic E-state index is -3.67. The van der Waals surface area contributed by atoms with E-state index in [1.54, 1.807) is 0 Å². The highest BCUT2D eigenvalue weighted by Gasteiger charge is 2.18. The Hall–Kier alpha value is -0.780. The van der Waals surface area contributed by atoms with Crippen LogP contribution in [0.5, 0.6) is 0 Å². The zero-order chi connectivity index (χ0) is 10.3. The van der Waals surface area contributed by atoms with Crippen molar-refractivity contribution >= 4 is 27.3 Å². The molecule has 0 unspecified atom stereocenters. The van der Waals surface area contributed by atoms with Crippen molar-refractivity contribution in [3.05, 3.63) is 22.7 Å². The van der Waals surface area contributed by atoms with Crippen LogP contribution >= 0.6 is 11.6 Å². The number of nitrogens with one attached hydrogen (secondary N) is 1. The first kappa shape index (κ1) is 9.76. The number of halogens is 1. The number of nitrogens with two attached hydrogens (primary N) is 1. The second-order valence-electron chi connectivity index (χ2n) is 3.15. The summed E-state index contributed by atoms with van der Waals surface area (Å²) in [4.78, 5) is 0.0515. The zero-order valence-electron chi connectivity index (χ0n) is 7.25. The summed E-state index contributed by atoms with van der Waals surface area (Å²) in [5.41, 5.74) is 1.72. The maximum Gasteiger partial charge on any atom is 0.238 e. The van der Waals surface area contributed by atoms with Gasteiger partial charge in [0.1, 0.15) is 0 Å². The van der Waals surface area contributed by atoms with Gasteiger partial charge in [0.15, 0.2) is 0 Å². The molecule has 0 saturated carbocycles. The number of hydrogen-bond donors (Lipinski definition) is 2. The van der Waals surface area contributed by atoms with Crippen LogP contribution in [0.3, 0.4) is 0 Å². The molecule has 1 heterocycles. The van der Waals surface area contributed by atoms with Gasteiger partial charge in [-0.25, -0.2) is 13.6 Å². The Kier molecular flexibility index (Phi) is 2.17. The Morgan fingerprint density at radius 3 is 2.79 bits per heavy atom. The van der Waals surface area contributed by atoms with E-state index >= 15 is 0 Å². The van der Waals surface area contributed by atoms with Crippen LogP contribution in [-0.2, 0) is 16.4 Å². The van der Waals surface area contributed by atoms with Crippen LogP contribution < -0.4 is 10.5 Å². The molecule has 76 valence electrons. The van der Waals surface area contributed by atoms with Crippen molar-refractivity contribution in [3.63, 3.8) is 0 Å². The van der Waals surface area contributed by atoms with Gasteiger partial charge in [0.2, 0.25) is 10.0 Å². The lowest BCUT2D eigenvalue weighted by atomic mass is 10.2. The summed E-state index contributed by atoms with van der Waals surface area (Å²) in [5, 5.41) is 8.51. The summed E-state index contributed by atoms with van der Waals surface area (Å²) in [7, 11) is -3.67. The number of hydrogen-bond acceptors (Lipinski definition) is 3. The normalized spacial score (nSPS) is 15.0. The fourth-order valence-electron chi connectivity index (χ4n) is 1.51. The van der Waals surface area contributed by atoms with Gasteiger partial charge in [0.05, 0.1) is 4.90 Å². The lowest BCUT2D eigenvalue weighted by Crippen LogP contribution is -2.12. The molecule has 0 spiro atoms. The van der Waals surface area contributed by atoms with Crippen molar-refractivity contribution in [2.75, 3.05) is 11.9 Å².